The number of nitro groups is 1. The van der Waals surface area contributed by atoms with Crippen molar-refractivity contribution in [1.29, 1.82) is 0 Å². The highest BCUT2D eigenvalue weighted by Crippen LogP contribution is 2.21. The molecule has 0 saturated carbocycles. The Labute approximate surface area is 105 Å². The van der Waals surface area contributed by atoms with E-state index < -0.39 is 11.0 Å². The van der Waals surface area contributed by atoms with Crippen molar-refractivity contribution < 1.29 is 10.0 Å². The van der Waals surface area contributed by atoms with Crippen molar-refractivity contribution in [2.45, 2.75) is 20.0 Å². The van der Waals surface area contributed by atoms with E-state index >= 15 is 0 Å². The highest BCUT2D eigenvalue weighted by molar-refractivity contribution is 5.56. The van der Waals surface area contributed by atoms with Crippen molar-refractivity contribution >= 4 is 11.5 Å². The van der Waals surface area contributed by atoms with Gasteiger partial charge in [0.25, 0.3) is 0 Å². The van der Waals surface area contributed by atoms with Crippen LogP contribution in [-0.4, -0.2) is 40.8 Å². The van der Waals surface area contributed by atoms with Crippen molar-refractivity contribution in [2.75, 3.05) is 25.0 Å². The Bertz CT molecular complexity index is 409. The molecule has 1 heterocycles. The van der Waals surface area contributed by atoms with E-state index in [1.54, 1.807) is 20.0 Å². The summed E-state index contributed by atoms with van der Waals surface area (Å²) in [6.45, 7) is 5.03. The molecule has 0 aliphatic heterocycles. The Kier molecular flexibility index (Phi) is 5.47. The maximum absolute atomic E-state index is 10.8. The Balaban J connectivity index is 2.49. The minimum atomic E-state index is -0.453. The van der Waals surface area contributed by atoms with Crippen LogP contribution >= 0.6 is 0 Å². The van der Waals surface area contributed by atoms with Gasteiger partial charge >= 0.3 is 5.69 Å². The molecule has 0 bridgehead atoms. The molecule has 0 radical (unpaired) electrons. The molecule has 7 nitrogen and oxygen atoms in total. The van der Waals surface area contributed by atoms with Crippen molar-refractivity contribution in [3.8, 4) is 0 Å². The van der Waals surface area contributed by atoms with Crippen LogP contribution < -0.4 is 10.6 Å². The van der Waals surface area contributed by atoms with Crippen LogP contribution in [0.25, 0.3) is 0 Å². The summed E-state index contributed by atoms with van der Waals surface area (Å²) in [5, 5.41) is 25.8. The zero-order valence-electron chi connectivity index (χ0n) is 10.5. The Morgan fingerprint density at radius 2 is 2.28 bits per heavy atom. The fraction of sp³-hybridized carbons (Fsp3) is 0.545. The van der Waals surface area contributed by atoms with Crippen LogP contribution in [-0.2, 0) is 0 Å². The molecule has 7 heteroatoms. The number of pyridine rings is 1. The summed E-state index contributed by atoms with van der Waals surface area (Å²) in [6, 6.07) is 1.48. The minimum absolute atomic E-state index is 0.0227. The van der Waals surface area contributed by atoms with Gasteiger partial charge in [-0.1, -0.05) is 0 Å². The average Bonchev–Trinajstić information content (AvgIpc) is 2.29. The Morgan fingerprint density at radius 3 is 2.89 bits per heavy atom. The van der Waals surface area contributed by atoms with E-state index in [-0.39, 0.29) is 11.5 Å². The van der Waals surface area contributed by atoms with Gasteiger partial charge in [0, 0.05) is 31.9 Å². The number of rotatable bonds is 7. The number of aliphatic hydroxyl groups excluding tert-OH is 1. The predicted octanol–water partition coefficient (Wildman–Crippen LogP) is 0.681. The normalized spacial score (nSPS) is 12.2. The summed E-state index contributed by atoms with van der Waals surface area (Å²) >= 11 is 0. The van der Waals surface area contributed by atoms with Gasteiger partial charge < -0.3 is 15.7 Å². The second kappa shape index (κ2) is 6.87. The summed E-state index contributed by atoms with van der Waals surface area (Å²) in [5.41, 5.74) is 0.727. The van der Waals surface area contributed by atoms with E-state index in [0.29, 0.717) is 19.6 Å². The lowest BCUT2D eigenvalue weighted by Crippen LogP contribution is -2.29. The molecule has 0 aromatic carbocycles. The third kappa shape index (κ3) is 4.64. The van der Waals surface area contributed by atoms with Gasteiger partial charge in [-0.25, -0.2) is 4.98 Å². The molecule has 1 atom stereocenters. The molecule has 1 unspecified atom stereocenters. The van der Waals surface area contributed by atoms with Crippen LogP contribution in [0.1, 0.15) is 12.5 Å². The van der Waals surface area contributed by atoms with E-state index in [9.17, 15) is 10.1 Å². The van der Waals surface area contributed by atoms with Crippen molar-refractivity contribution in [2.24, 2.45) is 0 Å². The highest BCUT2D eigenvalue weighted by Gasteiger charge is 2.14. The third-order valence-electron chi connectivity index (χ3n) is 2.23. The summed E-state index contributed by atoms with van der Waals surface area (Å²) < 4.78 is 0. The fourth-order valence-electron chi connectivity index (χ4n) is 1.41. The number of hydrogen-bond donors (Lipinski definition) is 3. The lowest BCUT2D eigenvalue weighted by Gasteiger charge is -2.08. The zero-order valence-corrected chi connectivity index (χ0v) is 10.5. The van der Waals surface area contributed by atoms with Crippen molar-refractivity contribution in [3.63, 3.8) is 0 Å². The molecule has 1 rings (SSSR count). The molecule has 0 aliphatic rings. The quantitative estimate of drug-likeness (QED) is 0.376. The number of anilines is 1. The van der Waals surface area contributed by atoms with Gasteiger partial charge in [-0.2, -0.15) is 0 Å². The van der Waals surface area contributed by atoms with Crippen LogP contribution in [0.3, 0.4) is 0 Å². The first kappa shape index (κ1) is 14.3. The monoisotopic (exact) mass is 254 g/mol. The summed E-state index contributed by atoms with van der Waals surface area (Å²) in [6.07, 6.45) is 1.18. The van der Waals surface area contributed by atoms with Crippen LogP contribution in [0.5, 0.6) is 0 Å². The second-order valence-electron chi connectivity index (χ2n) is 4.12. The number of aryl methyl sites for hydroxylation is 1. The molecular weight excluding hydrogens is 236 g/mol. The van der Waals surface area contributed by atoms with E-state index in [2.05, 4.69) is 15.6 Å². The van der Waals surface area contributed by atoms with Gasteiger partial charge in [-0.05, 0) is 19.4 Å². The second-order valence-corrected chi connectivity index (χ2v) is 4.12. The van der Waals surface area contributed by atoms with Gasteiger partial charge in [0.15, 0.2) is 0 Å². The van der Waals surface area contributed by atoms with Crippen LogP contribution in [0.15, 0.2) is 12.3 Å². The largest absolute Gasteiger partial charge is 0.392 e. The van der Waals surface area contributed by atoms with Gasteiger partial charge in [-0.3, -0.25) is 10.1 Å². The van der Waals surface area contributed by atoms with E-state index in [4.69, 9.17) is 5.11 Å². The highest BCUT2D eigenvalue weighted by atomic mass is 16.6. The van der Waals surface area contributed by atoms with Crippen molar-refractivity contribution in [3.05, 3.63) is 27.9 Å². The predicted molar refractivity (Wildman–Crippen MR) is 68.7 cm³/mol. The van der Waals surface area contributed by atoms with Gasteiger partial charge in [0.05, 0.1) is 11.0 Å². The number of hydrogen-bond acceptors (Lipinski definition) is 6. The van der Waals surface area contributed by atoms with Crippen molar-refractivity contribution in [1.82, 2.24) is 10.3 Å². The number of nitrogens with zero attached hydrogens (tertiary/aromatic N) is 2. The molecule has 0 aliphatic carbocycles. The molecular formula is C11H18N4O3. The van der Waals surface area contributed by atoms with Crippen LogP contribution in [0.4, 0.5) is 11.5 Å². The topological polar surface area (TPSA) is 100 Å². The van der Waals surface area contributed by atoms with Gasteiger partial charge in [-0.15, -0.1) is 0 Å². The SMILES string of the molecule is Cc1cnc(NCCNCC(C)O)c([N+](=O)[O-])c1. The smallest absolute Gasteiger partial charge is 0.311 e. The van der Waals surface area contributed by atoms with Gasteiger partial charge in [0.1, 0.15) is 0 Å². The first-order valence-corrected chi connectivity index (χ1v) is 5.74. The Morgan fingerprint density at radius 1 is 1.56 bits per heavy atom. The summed E-state index contributed by atoms with van der Waals surface area (Å²) in [7, 11) is 0. The summed E-state index contributed by atoms with van der Waals surface area (Å²) in [4.78, 5) is 14.4. The molecule has 1 aromatic rings. The lowest BCUT2D eigenvalue weighted by molar-refractivity contribution is -0.384. The molecule has 3 N–H and O–H groups in total. The van der Waals surface area contributed by atoms with Crippen LogP contribution in [0.2, 0.25) is 0 Å². The molecule has 0 fully saturated rings. The minimum Gasteiger partial charge on any atom is -0.392 e. The number of aliphatic hydroxyl groups is 1. The van der Waals surface area contributed by atoms with E-state index in [0.717, 1.165) is 5.56 Å². The first-order chi connectivity index (χ1) is 8.50. The lowest BCUT2D eigenvalue weighted by atomic mass is 10.3. The summed E-state index contributed by atoms with van der Waals surface area (Å²) in [5.74, 6) is 0.268. The molecule has 100 valence electrons. The van der Waals surface area contributed by atoms with E-state index in [1.807, 2.05) is 0 Å². The molecule has 18 heavy (non-hydrogen) atoms. The fourth-order valence-corrected chi connectivity index (χ4v) is 1.41. The third-order valence-corrected chi connectivity index (χ3v) is 2.23. The molecule has 0 saturated heterocycles. The first-order valence-electron chi connectivity index (χ1n) is 5.74. The maximum atomic E-state index is 10.8. The maximum Gasteiger partial charge on any atom is 0.311 e. The zero-order chi connectivity index (χ0) is 13.5. The van der Waals surface area contributed by atoms with Crippen LogP contribution in [0, 0.1) is 17.0 Å². The molecule has 0 spiro atoms. The molecule has 1 aromatic heterocycles. The van der Waals surface area contributed by atoms with Gasteiger partial charge in [0.2, 0.25) is 5.82 Å². The Hall–Kier alpha value is -1.73. The molecule has 0 amide bonds. The number of nitrogens with one attached hydrogen (secondary N) is 2. The average molecular weight is 254 g/mol. The number of aromatic nitrogens is 1. The van der Waals surface area contributed by atoms with E-state index in [1.165, 1.54) is 6.07 Å². The standard InChI is InChI=1S/C11H18N4O3/c1-8-5-10(15(17)18)11(14-6-8)13-4-3-12-7-9(2)16/h5-6,9,12,16H,3-4,7H2,1-2H3,(H,13,14).